The number of anilines is 2. The van der Waals surface area contributed by atoms with Crippen LogP contribution in [0.1, 0.15) is 36.8 Å². The highest BCUT2D eigenvalue weighted by atomic mass is 16.2. The predicted octanol–water partition coefficient (Wildman–Crippen LogP) is 2.32. The van der Waals surface area contributed by atoms with E-state index in [9.17, 15) is 19.2 Å². The topological polar surface area (TPSA) is 162 Å². The Kier molecular flexibility index (Phi) is 10.4. The zero-order valence-electron chi connectivity index (χ0n) is 24.6. The van der Waals surface area contributed by atoms with Crippen molar-refractivity contribution < 1.29 is 19.2 Å². The SMILES string of the molecule is CN=C(NC(=O)Nc1cc(C(C)(C)C)nn1-c1ccc(C(=O)N(CC(=O)NC)CC(=O)NC)cc1)Nc1ccccc1. The van der Waals surface area contributed by atoms with E-state index >= 15 is 0 Å². The number of hydrogen-bond donors (Lipinski definition) is 5. The molecule has 13 heteroatoms. The molecule has 0 radical (unpaired) electrons. The first-order chi connectivity index (χ1) is 19.9. The molecule has 5 N–H and O–H groups in total. The number of hydrogen-bond acceptors (Lipinski definition) is 6. The van der Waals surface area contributed by atoms with Crippen molar-refractivity contribution in [2.45, 2.75) is 26.2 Å². The van der Waals surface area contributed by atoms with Gasteiger partial charge in [-0.05, 0) is 36.4 Å². The third-order valence-corrected chi connectivity index (χ3v) is 6.08. The number of nitrogens with zero attached hydrogens (tertiary/aromatic N) is 4. The van der Waals surface area contributed by atoms with Crippen LogP contribution in [0.2, 0.25) is 0 Å². The molecular formula is C29H37N9O4. The van der Waals surface area contributed by atoms with Gasteiger partial charge in [0.2, 0.25) is 17.8 Å². The van der Waals surface area contributed by atoms with Gasteiger partial charge in [0.05, 0.1) is 11.4 Å². The van der Waals surface area contributed by atoms with Gasteiger partial charge in [-0.2, -0.15) is 5.10 Å². The molecule has 3 aromatic rings. The van der Waals surface area contributed by atoms with Crippen LogP contribution < -0.4 is 26.6 Å². The molecule has 2 aromatic carbocycles. The fourth-order valence-corrected chi connectivity index (χ4v) is 3.72. The number of benzene rings is 2. The van der Waals surface area contributed by atoms with Crippen LogP contribution in [0.3, 0.4) is 0 Å². The second-order valence-corrected chi connectivity index (χ2v) is 10.3. The molecule has 13 nitrogen and oxygen atoms in total. The Hall–Kier alpha value is -5.20. The Balaban J connectivity index is 1.84. The molecule has 1 heterocycles. The van der Waals surface area contributed by atoms with Gasteiger partial charge < -0.3 is 20.9 Å². The summed E-state index contributed by atoms with van der Waals surface area (Å²) in [4.78, 5) is 55.3. The van der Waals surface area contributed by atoms with Crippen LogP contribution in [0.4, 0.5) is 16.3 Å². The quantitative estimate of drug-likeness (QED) is 0.205. The zero-order chi connectivity index (χ0) is 30.9. The molecule has 0 saturated carbocycles. The van der Waals surface area contributed by atoms with E-state index in [4.69, 9.17) is 5.10 Å². The second-order valence-electron chi connectivity index (χ2n) is 10.3. The fourth-order valence-electron chi connectivity index (χ4n) is 3.72. The van der Waals surface area contributed by atoms with Gasteiger partial charge in [-0.15, -0.1) is 0 Å². The van der Waals surface area contributed by atoms with E-state index in [0.29, 0.717) is 11.5 Å². The second kappa shape index (κ2) is 13.9. The van der Waals surface area contributed by atoms with Crippen molar-refractivity contribution in [1.82, 2.24) is 30.6 Å². The highest BCUT2D eigenvalue weighted by molar-refractivity contribution is 6.07. The molecule has 0 bridgehead atoms. The molecule has 42 heavy (non-hydrogen) atoms. The monoisotopic (exact) mass is 575 g/mol. The average Bonchev–Trinajstić information content (AvgIpc) is 3.40. The minimum absolute atomic E-state index is 0.252. The normalized spacial score (nSPS) is 11.3. The number of para-hydroxylation sites is 1. The molecule has 0 aliphatic carbocycles. The lowest BCUT2D eigenvalue weighted by molar-refractivity contribution is -0.123. The maximum absolute atomic E-state index is 13.2. The summed E-state index contributed by atoms with van der Waals surface area (Å²) >= 11 is 0. The van der Waals surface area contributed by atoms with Gasteiger partial charge in [0, 0.05) is 43.9 Å². The molecule has 222 valence electrons. The van der Waals surface area contributed by atoms with Crippen LogP contribution in [0.25, 0.3) is 5.69 Å². The number of rotatable bonds is 8. The minimum Gasteiger partial charge on any atom is -0.358 e. The number of amides is 5. The van der Waals surface area contributed by atoms with Crippen molar-refractivity contribution >= 4 is 41.2 Å². The molecule has 5 amide bonds. The van der Waals surface area contributed by atoms with Gasteiger partial charge in [0.15, 0.2) is 0 Å². The van der Waals surface area contributed by atoms with Crippen molar-refractivity contribution in [2.24, 2.45) is 4.99 Å². The van der Waals surface area contributed by atoms with Crippen molar-refractivity contribution in [3.63, 3.8) is 0 Å². The smallest absolute Gasteiger partial charge is 0.327 e. The summed E-state index contributed by atoms with van der Waals surface area (Å²) < 4.78 is 1.56. The van der Waals surface area contributed by atoms with Crippen molar-refractivity contribution in [1.29, 1.82) is 0 Å². The Morgan fingerprint density at radius 3 is 2.00 bits per heavy atom. The summed E-state index contributed by atoms with van der Waals surface area (Å²) in [5, 5.41) is 18.2. The average molecular weight is 576 g/mol. The first-order valence-electron chi connectivity index (χ1n) is 13.2. The van der Waals surface area contributed by atoms with Crippen LogP contribution in [0.5, 0.6) is 0 Å². The van der Waals surface area contributed by atoms with E-state index < -0.39 is 23.8 Å². The molecule has 0 aliphatic heterocycles. The maximum atomic E-state index is 13.2. The van der Waals surface area contributed by atoms with Gasteiger partial charge in [-0.25, -0.2) is 9.48 Å². The minimum atomic E-state index is -0.536. The van der Waals surface area contributed by atoms with Gasteiger partial charge in [-0.1, -0.05) is 39.0 Å². The largest absolute Gasteiger partial charge is 0.358 e. The highest BCUT2D eigenvalue weighted by Crippen LogP contribution is 2.26. The lowest BCUT2D eigenvalue weighted by Crippen LogP contribution is -2.44. The van der Waals surface area contributed by atoms with Crippen LogP contribution in [0.15, 0.2) is 65.7 Å². The number of nitrogens with one attached hydrogen (secondary N) is 5. The molecule has 0 saturated heterocycles. The number of aliphatic imine (C=N–C) groups is 1. The summed E-state index contributed by atoms with van der Waals surface area (Å²) in [5.41, 5.74) is 2.02. The Morgan fingerprint density at radius 2 is 1.48 bits per heavy atom. The van der Waals surface area contributed by atoms with Crippen molar-refractivity contribution in [2.75, 3.05) is 44.9 Å². The highest BCUT2D eigenvalue weighted by Gasteiger charge is 2.23. The Bertz CT molecular complexity index is 1420. The van der Waals surface area contributed by atoms with E-state index in [1.165, 1.54) is 14.1 Å². The summed E-state index contributed by atoms with van der Waals surface area (Å²) in [6.07, 6.45) is 0. The van der Waals surface area contributed by atoms with Crippen LogP contribution in [-0.2, 0) is 15.0 Å². The zero-order valence-corrected chi connectivity index (χ0v) is 24.6. The Morgan fingerprint density at radius 1 is 0.881 bits per heavy atom. The molecule has 0 unspecified atom stereocenters. The van der Waals surface area contributed by atoms with Gasteiger partial charge in [0.25, 0.3) is 5.91 Å². The number of likely N-dealkylation sites (N-methyl/N-ethyl adjacent to an activating group) is 2. The molecule has 3 rings (SSSR count). The molecular weight excluding hydrogens is 538 g/mol. The number of aromatic nitrogens is 2. The van der Waals surface area contributed by atoms with E-state index in [2.05, 4.69) is 31.6 Å². The van der Waals surface area contributed by atoms with Gasteiger partial charge in [0.1, 0.15) is 18.9 Å². The summed E-state index contributed by atoms with van der Waals surface area (Å²) in [5.74, 6) is -0.646. The molecule has 0 fully saturated rings. The molecule has 0 aliphatic rings. The Labute approximate surface area is 244 Å². The number of carbonyl (C=O) groups excluding carboxylic acids is 4. The third-order valence-electron chi connectivity index (χ3n) is 6.08. The number of urea groups is 1. The molecule has 1 aromatic heterocycles. The first kappa shape index (κ1) is 31.3. The lowest BCUT2D eigenvalue weighted by atomic mass is 9.92. The van der Waals surface area contributed by atoms with E-state index in [1.807, 2.05) is 51.1 Å². The predicted molar refractivity (Wildman–Crippen MR) is 162 cm³/mol. The number of guanidine groups is 1. The van der Waals surface area contributed by atoms with Gasteiger partial charge >= 0.3 is 6.03 Å². The van der Waals surface area contributed by atoms with Crippen LogP contribution in [-0.4, -0.2) is 78.6 Å². The number of carbonyl (C=O) groups is 4. The lowest BCUT2D eigenvalue weighted by Gasteiger charge is -2.21. The van der Waals surface area contributed by atoms with E-state index in [1.54, 1.807) is 42.1 Å². The molecule has 0 atom stereocenters. The van der Waals surface area contributed by atoms with Crippen LogP contribution in [0, 0.1) is 0 Å². The first-order valence-corrected chi connectivity index (χ1v) is 13.2. The van der Waals surface area contributed by atoms with Crippen molar-refractivity contribution in [3.8, 4) is 5.69 Å². The molecule has 0 spiro atoms. The maximum Gasteiger partial charge on any atom is 0.327 e. The van der Waals surface area contributed by atoms with E-state index in [-0.39, 0.29) is 30.0 Å². The summed E-state index contributed by atoms with van der Waals surface area (Å²) in [7, 11) is 4.47. The fraction of sp³-hybridized carbons (Fsp3) is 0.310. The van der Waals surface area contributed by atoms with E-state index in [0.717, 1.165) is 16.3 Å². The van der Waals surface area contributed by atoms with Gasteiger partial charge in [-0.3, -0.25) is 30.0 Å². The third kappa shape index (κ3) is 8.40. The summed E-state index contributed by atoms with van der Waals surface area (Å²) in [6.45, 7) is 5.47. The summed E-state index contributed by atoms with van der Waals surface area (Å²) in [6, 6.07) is 17.0. The van der Waals surface area contributed by atoms with Crippen LogP contribution >= 0.6 is 0 Å². The van der Waals surface area contributed by atoms with Crippen molar-refractivity contribution in [3.05, 3.63) is 71.9 Å². The standard InChI is InChI=1S/C29H37N9O4/c1-29(2,3)22-16-23(34-28(42)35-27(32-6)33-20-10-8-7-9-11-20)38(36-22)21-14-12-19(13-15-21)26(41)37(17-24(39)30-4)18-25(40)31-5/h7-16H,17-18H2,1-6H3,(H,30,39)(H,31,40)(H3,32,33,34,35,42).